The fourth-order valence-corrected chi connectivity index (χ4v) is 4.66. The van der Waals surface area contributed by atoms with Gasteiger partial charge in [0.25, 0.3) is 0 Å². The summed E-state index contributed by atoms with van der Waals surface area (Å²) in [5.41, 5.74) is 5.09. The minimum absolute atomic E-state index is 0.00271. The van der Waals surface area contributed by atoms with Crippen LogP contribution in [0.2, 0.25) is 0 Å². The number of benzene rings is 1. The summed E-state index contributed by atoms with van der Waals surface area (Å²) in [4.78, 5) is 21.9. The Morgan fingerprint density at radius 2 is 1.90 bits per heavy atom. The molecule has 0 saturated carbocycles. The molecule has 2 aromatic heterocycles. The van der Waals surface area contributed by atoms with Crippen molar-refractivity contribution in [2.45, 2.75) is 26.2 Å². The topological polar surface area (TPSA) is 40.9 Å². The molecule has 1 aliphatic carbocycles. The van der Waals surface area contributed by atoms with Gasteiger partial charge < -0.3 is 14.2 Å². The Hall–Kier alpha value is -2.89. The van der Waals surface area contributed by atoms with Crippen LogP contribution >= 0.6 is 0 Å². The Bertz CT molecular complexity index is 1070. The average molecular weight is 392 g/mol. The minimum atomic E-state index is -0.199. The van der Waals surface area contributed by atoms with Gasteiger partial charge in [-0.05, 0) is 43.5 Å². The van der Waals surface area contributed by atoms with E-state index in [1.54, 1.807) is 6.07 Å². The SMILES string of the molecule is Cc1ccc2nc3c(n2c1)CC(C(=O)N1CCN(c2ccccc2F)CC1)CC3. The van der Waals surface area contributed by atoms with Crippen molar-refractivity contribution in [3.8, 4) is 0 Å². The number of aryl methyl sites for hydroxylation is 2. The van der Waals surface area contributed by atoms with Gasteiger partial charge >= 0.3 is 0 Å². The molecule has 0 N–H and O–H groups in total. The van der Waals surface area contributed by atoms with Gasteiger partial charge in [-0.15, -0.1) is 0 Å². The van der Waals surface area contributed by atoms with E-state index in [-0.39, 0.29) is 17.6 Å². The van der Waals surface area contributed by atoms with Crippen LogP contribution in [0.25, 0.3) is 5.65 Å². The molecule has 1 atom stereocenters. The van der Waals surface area contributed by atoms with Gasteiger partial charge in [0.1, 0.15) is 11.5 Å². The van der Waals surface area contributed by atoms with Crippen LogP contribution in [0.3, 0.4) is 0 Å². The highest BCUT2D eigenvalue weighted by Gasteiger charge is 2.32. The van der Waals surface area contributed by atoms with Gasteiger partial charge in [-0.25, -0.2) is 9.37 Å². The number of imidazole rings is 1. The van der Waals surface area contributed by atoms with Crippen LogP contribution in [-0.2, 0) is 17.6 Å². The maximum atomic E-state index is 14.1. The number of hydrogen-bond acceptors (Lipinski definition) is 3. The molecule has 5 nitrogen and oxygen atoms in total. The number of nitrogens with zero attached hydrogens (tertiary/aromatic N) is 4. The Labute approximate surface area is 169 Å². The molecule has 3 aromatic rings. The molecule has 1 aliphatic heterocycles. The predicted molar refractivity (Wildman–Crippen MR) is 111 cm³/mol. The Kier molecular flexibility index (Phi) is 4.49. The lowest BCUT2D eigenvalue weighted by Gasteiger charge is -2.38. The molecule has 1 saturated heterocycles. The number of piperazine rings is 1. The highest BCUT2D eigenvalue weighted by molar-refractivity contribution is 5.80. The maximum absolute atomic E-state index is 14.1. The van der Waals surface area contributed by atoms with Gasteiger partial charge in [0.2, 0.25) is 5.91 Å². The number of anilines is 1. The number of aromatic nitrogens is 2. The van der Waals surface area contributed by atoms with Gasteiger partial charge in [-0.1, -0.05) is 18.2 Å². The number of pyridine rings is 1. The van der Waals surface area contributed by atoms with Gasteiger partial charge in [-0.3, -0.25) is 4.79 Å². The summed E-state index contributed by atoms with van der Waals surface area (Å²) >= 11 is 0. The first-order chi connectivity index (χ1) is 14.1. The molecule has 150 valence electrons. The van der Waals surface area contributed by atoms with E-state index in [9.17, 15) is 9.18 Å². The monoisotopic (exact) mass is 392 g/mol. The lowest BCUT2D eigenvalue weighted by molar-refractivity contribution is -0.136. The molecular formula is C23H25FN4O. The Morgan fingerprint density at radius 3 is 2.69 bits per heavy atom. The highest BCUT2D eigenvalue weighted by Crippen LogP contribution is 2.29. The summed E-state index contributed by atoms with van der Waals surface area (Å²) in [6.45, 7) is 4.69. The molecule has 5 rings (SSSR count). The van der Waals surface area contributed by atoms with E-state index >= 15 is 0 Å². The summed E-state index contributed by atoms with van der Waals surface area (Å²) in [5, 5.41) is 0. The molecule has 0 spiro atoms. The number of fused-ring (bicyclic) bond motifs is 3. The largest absolute Gasteiger partial charge is 0.366 e. The second kappa shape index (κ2) is 7.17. The van der Waals surface area contributed by atoms with Crippen molar-refractivity contribution in [1.82, 2.24) is 14.3 Å². The number of carbonyl (C=O) groups is 1. The minimum Gasteiger partial charge on any atom is -0.366 e. The summed E-state index contributed by atoms with van der Waals surface area (Å²) in [6.07, 6.45) is 4.55. The Morgan fingerprint density at radius 1 is 1.10 bits per heavy atom. The molecule has 1 aromatic carbocycles. The third kappa shape index (κ3) is 3.26. The maximum Gasteiger partial charge on any atom is 0.226 e. The molecule has 0 bridgehead atoms. The summed E-state index contributed by atoms with van der Waals surface area (Å²) in [7, 11) is 0. The molecule has 6 heteroatoms. The highest BCUT2D eigenvalue weighted by atomic mass is 19.1. The standard InChI is InChI=1S/C23H25FN4O/c1-16-6-9-22-25-19-8-7-17(14-21(19)28(22)15-16)23(29)27-12-10-26(11-13-27)20-5-3-2-4-18(20)24/h2-6,9,15,17H,7-8,10-14H2,1H3. The lowest BCUT2D eigenvalue weighted by Crippen LogP contribution is -2.51. The van der Waals surface area contributed by atoms with Crippen molar-refractivity contribution >= 4 is 17.2 Å². The van der Waals surface area contributed by atoms with E-state index in [2.05, 4.69) is 23.6 Å². The van der Waals surface area contributed by atoms with Crippen LogP contribution in [0.15, 0.2) is 42.6 Å². The van der Waals surface area contributed by atoms with Gasteiger partial charge in [0.15, 0.2) is 0 Å². The zero-order valence-electron chi connectivity index (χ0n) is 16.6. The molecule has 2 aliphatic rings. The summed E-state index contributed by atoms with van der Waals surface area (Å²) in [5.74, 6) is 0.0318. The third-order valence-electron chi connectivity index (χ3n) is 6.25. The van der Waals surface area contributed by atoms with E-state index < -0.39 is 0 Å². The van der Waals surface area contributed by atoms with Crippen molar-refractivity contribution in [2.24, 2.45) is 5.92 Å². The van der Waals surface area contributed by atoms with Crippen molar-refractivity contribution < 1.29 is 9.18 Å². The molecular weight excluding hydrogens is 367 g/mol. The van der Waals surface area contributed by atoms with Gasteiger partial charge in [0.05, 0.1) is 11.4 Å². The van der Waals surface area contributed by atoms with E-state index in [1.165, 1.54) is 17.3 Å². The van der Waals surface area contributed by atoms with Gasteiger partial charge in [-0.2, -0.15) is 0 Å². The number of para-hydroxylation sites is 1. The van der Waals surface area contributed by atoms with Crippen LogP contribution in [0, 0.1) is 18.7 Å². The van der Waals surface area contributed by atoms with Crippen LogP contribution in [0.5, 0.6) is 0 Å². The van der Waals surface area contributed by atoms with Crippen molar-refractivity contribution in [3.63, 3.8) is 0 Å². The zero-order valence-corrected chi connectivity index (χ0v) is 16.6. The normalized spacial score (nSPS) is 19.4. The zero-order chi connectivity index (χ0) is 20.0. The van der Waals surface area contributed by atoms with Crippen LogP contribution < -0.4 is 4.90 Å². The first-order valence-corrected chi connectivity index (χ1v) is 10.3. The predicted octanol–water partition coefficient (Wildman–Crippen LogP) is 3.24. The fourth-order valence-electron chi connectivity index (χ4n) is 4.66. The van der Waals surface area contributed by atoms with Crippen molar-refractivity contribution in [2.75, 3.05) is 31.1 Å². The fraction of sp³-hybridized carbons (Fsp3) is 0.391. The van der Waals surface area contributed by atoms with Gasteiger partial charge in [0, 0.05) is 50.4 Å². The molecule has 1 unspecified atom stereocenters. The quantitative estimate of drug-likeness (QED) is 0.672. The molecule has 29 heavy (non-hydrogen) atoms. The van der Waals surface area contributed by atoms with E-state index in [1.807, 2.05) is 28.0 Å². The van der Waals surface area contributed by atoms with E-state index in [0.29, 0.717) is 31.9 Å². The number of hydrogen-bond donors (Lipinski definition) is 0. The van der Waals surface area contributed by atoms with Crippen LogP contribution in [0.4, 0.5) is 10.1 Å². The van der Waals surface area contributed by atoms with E-state index in [4.69, 9.17) is 4.98 Å². The number of halogens is 1. The Balaban J connectivity index is 1.28. The third-order valence-corrected chi connectivity index (χ3v) is 6.25. The molecule has 0 radical (unpaired) electrons. The first kappa shape index (κ1) is 18.2. The molecule has 3 heterocycles. The smallest absolute Gasteiger partial charge is 0.226 e. The van der Waals surface area contributed by atoms with Crippen LogP contribution in [-0.4, -0.2) is 46.4 Å². The second-order valence-corrected chi connectivity index (χ2v) is 8.14. The lowest BCUT2D eigenvalue weighted by atomic mass is 9.88. The van der Waals surface area contributed by atoms with E-state index in [0.717, 1.165) is 30.6 Å². The number of amides is 1. The van der Waals surface area contributed by atoms with Crippen molar-refractivity contribution in [3.05, 3.63) is 65.4 Å². The van der Waals surface area contributed by atoms with Crippen LogP contribution in [0.1, 0.15) is 23.4 Å². The number of rotatable bonds is 2. The first-order valence-electron chi connectivity index (χ1n) is 10.3. The molecule has 1 amide bonds. The summed E-state index contributed by atoms with van der Waals surface area (Å²) in [6, 6.07) is 11.0. The number of carbonyl (C=O) groups excluding carboxylic acids is 1. The average Bonchev–Trinajstić information content (AvgIpc) is 3.11. The van der Waals surface area contributed by atoms with Crippen molar-refractivity contribution in [1.29, 1.82) is 0 Å². The summed E-state index contributed by atoms with van der Waals surface area (Å²) < 4.78 is 16.2. The molecule has 1 fully saturated rings. The second-order valence-electron chi connectivity index (χ2n) is 8.14.